The van der Waals surface area contributed by atoms with E-state index in [0.717, 1.165) is 0 Å². The van der Waals surface area contributed by atoms with Crippen molar-refractivity contribution >= 4 is 40.5 Å². The molecule has 1 aliphatic rings. The highest BCUT2D eigenvalue weighted by Gasteiger charge is 2.31. The van der Waals surface area contributed by atoms with E-state index in [1.807, 2.05) is 0 Å². The summed E-state index contributed by atoms with van der Waals surface area (Å²) in [4.78, 5) is 17.0. The average Bonchev–Trinajstić information content (AvgIpc) is 2.45. The molecule has 1 saturated heterocycles. The number of carbonyl (C=O) groups is 1. The molecule has 1 aliphatic heterocycles. The molecule has 1 fully saturated rings. The summed E-state index contributed by atoms with van der Waals surface area (Å²) in [5, 5.41) is 0.0438. The van der Waals surface area contributed by atoms with Crippen molar-refractivity contribution < 1.29 is 4.79 Å². The molecule has 0 aliphatic carbocycles. The second-order valence-corrected chi connectivity index (χ2v) is 4.32. The van der Waals surface area contributed by atoms with E-state index in [1.165, 1.54) is 11.1 Å². The molecule has 1 amide bonds. The number of aromatic nitrogens is 1. The van der Waals surface area contributed by atoms with E-state index in [1.54, 1.807) is 6.07 Å². The van der Waals surface area contributed by atoms with Gasteiger partial charge in [0, 0.05) is 19.2 Å². The molecule has 2 rings (SSSR count). The summed E-state index contributed by atoms with van der Waals surface area (Å²) < 4.78 is 0. The van der Waals surface area contributed by atoms with Gasteiger partial charge in [0.25, 0.3) is 0 Å². The zero-order chi connectivity index (χ0) is 11.0. The first-order valence-electron chi connectivity index (χ1n) is 4.44. The Hall–Kier alpha value is -1.00. The summed E-state index contributed by atoms with van der Waals surface area (Å²) in [6, 6.07) is 1.61. The first-order valence-corrected chi connectivity index (χ1v) is 5.25. The van der Waals surface area contributed by atoms with E-state index in [4.69, 9.17) is 28.9 Å². The minimum atomic E-state index is -0.187. The molecule has 1 aromatic heterocycles. The van der Waals surface area contributed by atoms with Crippen LogP contribution in [0, 0.1) is 0 Å². The number of carbonyl (C=O) groups excluding carboxylic acids is 1. The number of amides is 1. The molecule has 0 spiro atoms. The quantitative estimate of drug-likeness (QED) is 0.605. The number of halogens is 2. The Kier molecular flexibility index (Phi) is 2.71. The van der Waals surface area contributed by atoms with E-state index in [-0.39, 0.29) is 16.4 Å². The minimum Gasteiger partial charge on any atom is -0.397 e. The predicted octanol–water partition coefficient (Wildman–Crippen LogP) is 1.66. The Balaban J connectivity index is 2.41. The number of pyridine rings is 1. The van der Waals surface area contributed by atoms with Crippen molar-refractivity contribution in [3.63, 3.8) is 0 Å². The van der Waals surface area contributed by atoms with Crippen LogP contribution >= 0.6 is 23.2 Å². The first kappa shape index (κ1) is 10.5. The fourth-order valence-corrected chi connectivity index (χ4v) is 2.13. The first-order chi connectivity index (χ1) is 7.09. The van der Waals surface area contributed by atoms with Gasteiger partial charge < -0.3 is 10.6 Å². The topological polar surface area (TPSA) is 59.2 Å². The highest BCUT2D eigenvalue weighted by atomic mass is 35.5. The summed E-state index contributed by atoms with van der Waals surface area (Å²) in [6.07, 6.45) is 1.81. The summed E-state index contributed by atoms with van der Waals surface area (Å²) >= 11 is 11.8. The number of hydrogen-bond acceptors (Lipinski definition) is 3. The minimum absolute atomic E-state index is 0.0726. The molecule has 0 bridgehead atoms. The normalized spacial score (nSPS) is 21.1. The number of anilines is 2. The number of alkyl halides is 1. The van der Waals surface area contributed by atoms with Crippen molar-refractivity contribution in [2.24, 2.45) is 0 Å². The molecule has 4 nitrogen and oxygen atoms in total. The molecule has 0 saturated carbocycles. The number of nitrogens with two attached hydrogens (primary N) is 1. The Bertz CT molecular complexity index is 390. The van der Waals surface area contributed by atoms with Crippen molar-refractivity contribution in [3.8, 4) is 0 Å². The third kappa shape index (κ3) is 1.87. The van der Waals surface area contributed by atoms with Gasteiger partial charge in [-0.2, -0.15) is 0 Å². The highest BCUT2D eigenvalue weighted by molar-refractivity contribution is 6.33. The zero-order valence-electron chi connectivity index (χ0n) is 7.78. The number of rotatable bonds is 1. The summed E-state index contributed by atoms with van der Waals surface area (Å²) in [6.45, 7) is 0.427. The standard InChI is InChI=1S/C9H9Cl2N3O/c10-5-3-7(15)14(4-5)8-6(12)1-2-13-9(8)11/h1-2,5H,3-4H2,(H2,12,13). The zero-order valence-corrected chi connectivity index (χ0v) is 9.29. The van der Waals surface area contributed by atoms with Crippen LogP contribution < -0.4 is 10.6 Å². The highest BCUT2D eigenvalue weighted by Crippen LogP contribution is 2.33. The van der Waals surface area contributed by atoms with Gasteiger partial charge in [0.05, 0.1) is 11.1 Å². The largest absolute Gasteiger partial charge is 0.397 e. The van der Waals surface area contributed by atoms with Gasteiger partial charge in [-0.1, -0.05) is 11.6 Å². The van der Waals surface area contributed by atoms with Gasteiger partial charge in [0.2, 0.25) is 5.91 Å². The molecule has 0 radical (unpaired) electrons. The van der Waals surface area contributed by atoms with Gasteiger partial charge in [0.1, 0.15) is 5.69 Å². The van der Waals surface area contributed by atoms with Crippen molar-refractivity contribution in [2.45, 2.75) is 11.8 Å². The maximum absolute atomic E-state index is 11.6. The van der Waals surface area contributed by atoms with E-state index in [2.05, 4.69) is 4.98 Å². The summed E-state index contributed by atoms with van der Waals surface area (Å²) in [5.74, 6) is -0.0726. The van der Waals surface area contributed by atoms with E-state index in [9.17, 15) is 4.79 Å². The van der Waals surface area contributed by atoms with Crippen molar-refractivity contribution in [3.05, 3.63) is 17.4 Å². The Morgan fingerprint density at radius 1 is 1.60 bits per heavy atom. The predicted molar refractivity (Wildman–Crippen MR) is 60.3 cm³/mol. The molecule has 1 unspecified atom stereocenters. The lowest BCUT2D eigenvalue weighted by Gasteiger charge is -2.18. The monoisotopic (exact) mass is 245 g/mol. The van der Waals surface area contributed by atoms with Gasteiger partial charge in [-0.3, -0.25) is 4.79 Å². The molecule has 80 valence electrons. The van der Waals surface area contributed by atoms with Crippen LogP contribution in [0.3, 0.4) is 0 Å². The smallest absolute Gasteiger partial charge is 0.228 e. The SMILES string of the molecule is Nc1ccnc(Cl)c1N1CC(Cl)CC1=O. The molecule has 6 heteroatoms. The van der Waals surface area contributed by atoms with Crippen LogP contribution in [-0.2, 0) is 4.79 Å². The molecule has 1 atom stereocenters. The van der Waals surface area contributed by atoms with Crippen LogP contribution in [0.4, 0.5) is 11.4 Å². The fraction of sp³-hybridized carbons (Fsp3) is 0.333. The molecule has 2 N–H and O–H groups in total. The van der Waals surface area contributed by atoms with Gasteiger partial charge in [-0.05, 0) is 6.07 Å². The lowest BCUT2D eigenvalue weighted by molar-refractivity contribution is -0.117. The molecule has 1 aromatic rings. The van der Waals surface area contributed by atoms with Crippen LogP contribution in [0.15, 0.2) is 12.3 Å². The number of hydrogen-bond donors (Lipinski definition) is 1. The number of nitrogen functional groups attached to an aromatic ring is 1. The lowest BCUT2D eigenvalue weighted by Crippen LogP contribution is -2.26. The van der Waals surface area contributed by atoms with Crippen molar-refractivity contribution in [1.82, 2.24) is 4.98 Å². The summed E-state index contributed by atoms with van der Waals surface area (Å²) in [5.41, 5.74) is 6.65. The number of nitrogens with zero attached hydrogens (tertiary/aromatic N) is 2. The van der Waals surface area contributed by atoms with Gasteiger partial charge >= 0.3 is 0 Å². The summed E-state index contributed by atoms with van der Waals surface area (Å²) in [7, 11) is 0. The van der Waals surface area contributed by atoms with Gasteiger partial charge in [-0.15, -0.1) is 11.6 Å². The maximum Gasteiger partial charge on any atom is 0.228 e. The Morgan fingerprint density at radius 2 is 2.33 bits per heavy atom. The molecule has 15 heavy (non-hydrogen) atoms. The van der Waals surface area contributed by atoms with Crippen molar-refractivity contribution in [2.75, 3.05) is 17.2 Å². The lowest BCUT2D eigenvalue weighted by atomic mass is 10.3. The maximum atomic E-state index is 11.6. The second kappa shape index (κ2) is 3.87. The van der Waals surface area contributed by atoms with E-state index in [0.29, 0.717) is 24.3 Å². The second-order valence-electron chi connectivity index (χ2n) is 3.35. The molecular formula is C9H9Cl2N3O. The van der Waals surface area contributed by atoms with Gasteiger partial charge in [-0.25, -0.2) is 4.98 Å². The Labute approximate surface area is 97.0 Å². The van der Waals surface area contributed by atoms with E-state index < -0.39 is 0 Å². The molecular weight excluding hydrogens is 237 g/mol. The van der Waals surface area contributed by atoms with E-state index >= 15 is 0 Å². The van der Waals surface area contributed by atoms with Crippen LogP contribution in [0.5, 0.6) is 0 Å². The van der Waals surface area contributed by atoms with Crippen LogP contribution in [0.1, 0.15) is 6.42 Å². The average molecular weight is 246 g/mol. The third-order valence-electron chi connectivity index (χ3n) is 2.26. The fourth-order valence-electron chi connectivity index (χ4n) is 1.59. The van der Waals surface area contributed by atoms with Crippen molar-refractivity contribution in [1.29, 1.82) is 0 Å². The van der Waals surface area contributed by atoms with Crippen LogP contribution in [0.25, 0.3) is 0 Å². The van der Waals surface area contributed by atoms with Crippen LogP contribution in [0.2, 0.25) is 5.15 Å². The molecule has 2 heterocycles. The molecule has 0 aromatic carbocycles. The van der Waals surface area contributed by atoms with Crippen LogP contribution in [-0.4, -0.2) is 22.8 Å². The van der Waals surface area contributed by atoms with Gasteiger partial charge in [0.15, 0.2) is 5.15 Å². The third-order valence-corrected chi connectivity index (χ3v) is 2.83. The Morgan fingerprint density at radius 3 is 2.87 bits per heavy atom.